The lowest BCUT2D eigenvalue weighted by Gasteiger charge is -2.26. The summed E-state index contributed by atoms with van der Waals surface area (Å²) >= 11 is 0. The fourth-order valence-electron chi connectivity index (χ4n) is 2.73. The average molecular weight is 276 g/mol. The van der Waals surface area contributed by atoms with Crippen molar-refractivity contribution in [2.45, 2.75) is 32.9 Å². The number of nitrogens with zero attached hydrogens (tertiary/aromatic N) is 1. The van der Waals surface area contributed by atoms with E-state index in [1.54, 1.807) is 7.11 Å². The minimum absolute atomic E-state index is 0.0191. The van der Waals surface area contributed by atoms with Crippen molar-refractivity contribution in [2.24, 2.45) is 0 Å². The number of rotatable bonds is 6. The standard InChI is InChI=1S/C16H24N2O2/c1-12-6-7-14(13(2)10-12)16-17-11-15(19)18(16)8-4-5-9-20-3/h6-7,10,16-17H,4-5,8-9,11H2,1-3H3. The third-order valence-electron chi connectivity index (χ3n) is 3.80. The largest absolute Gasteiger partial charge is 0.385 e. The Balaban J connectivity index is 2.07. The van der Waals surface area contributed by atoms with E-state index in [1.807, 2.05) is 4.90 Å². The zero-order chi connectivity index (χ0) is 14.5. The highest BCUT2D eigenvalue weighted by atomic mass is 16.5. The molecule has 1 saturated heterocycles. The van der Waals surface area contributed by atoms with Crippen LogP contribution in [0.15, 0.2) is 18.2 Å². The summed E-state index contributed by atoms with van der Waals surface area (Å²) in [6.45, 7) is 6.17. The van der Waals surface area contributed by atoms with Crippen molar-refractivity contribution in [3.63, 3.8) is 0 Å². The number of aryl methyl sites for hydroxylation is 2. The monoisotopic (exact) mass is 276 g/mol. The lowest BCUT2D eigenvalue weighted by atomic mass is 10.0. The fraction of sp³-hybridized carbons (Fsp3) is 0.562. The van der Waals surface area contributed by atoms with Gasteiger partial charge in [0.15, 0.2) is 0 Å². The van der Waals surface area contributed by atoms with E-state index in [-0.39, 0.29) is 12.1 Å². The molecule has 0 radical (unpaired) electrons. The summed E-state index contributed by atoms with van der Waals surface area (Å²) < 4.78 is 5.06. The number of ether oxygens (including phenoxy) is 1. The predicted molar refractivity (Wildman–Crippen MR) is 79.5 cm³/mol. The molecule has 110 valence electrons. The number of amides is 1. The van der Waals surface area contributed by atoms with Crippen LogP contribution in [0, 0.1) is 13.8 Å². The minimum Gasteiger partial charge on any atom is -0.385 e. The Morgan fingerprint density at radius 3 is 2.85 bits per heavy atom. The smallest absolute Gasteiger partial charge is 0.238 e. The Kier molecular flexibility index (Phi) is 5.15. The normalized spacial score (nSPS) is 18.9. The summed E-state index contributed by atoms with van der Waals surface area (Å²) in [5, 5.41) is 3.32. The van der Waals surface area contributed by atoms with Crippen molar-refractivity contribution in [3.8, 4) is 0 Å². The number of benzene rings is 1. The van der Waals surface area contributed by atoms with Crippen LogP contribution >= 0.6 is 0 Å². The number of carbonyl (C=O) groups excluding carboxylic acids is 1. The van der Waals surface area contributed by atoms with Gasteiger partial charge in [-0.05, 0) is 37.8 Å². The summed E-state index contributed by atoms with van der Waals surface area (Å²) in [7, 11) is 1.71. The van der Waals surface area contributed by atoms with Gasteiger partial charge in [0.2, 0.25) is 5.91 Å². The van der Waals surface area contributed by atoms with Crippen molar-refractivity contribution >= 4 is 5.91 Å². The molecule has 2 rings (SSSR count). The number of carbonyl (C=O) groups is 1. The van der Waals surface area contributed by atoms with Gasteiger partial charge in [-0.3, -0.25) is 10.1 Å². The second-order valence-corrected chi connectivity index (χ2v) is 5.43. The van der Waals surface area contributed by atoms with Gasteiger partial charge in [-0.1, -0.05) is 23.8 Å². The molecule has 1 aliphatic heterocycles. The van der Waals surface area contributed by atoms with Gasteiger partial charge in [-0.25, -0.2) is 0 Å². The van der Waals surface area contributed by atoms with Crippen LogP contribution in [-0.2, 0) is 9.53 Å². The molecular formula is C16H24N2O2. The molecule has 20 heavy (non-hydrogen) atoms. The molecule has 4 nitrogen and oxygen atoms in total. The first-order chi connectivity index (χ1) is 9.63. The number of methoxy groups -OCH3 is 1. The van der Waals surface area contributed by atoms with Gasteiger partial charge in [0, 0.05) is 20.3 Å². The van der Waals surface area contributed by atoms with Gasteiger partial charge in [-0.15, -0.1) is 0 Å². The molecule has 1 fully saturated rings. The highest BCUT2D eigenvalue weighted by Crippen LogP contribution is 2.26. The molecule has 1 amide bonds. The van der Waals surface area contributed by atoms with Gasteiger partial charge in [0.1, 0.15) is 6.17 Å². The summed E-state index contributed by atoms with van der Waals surface area (Å²) in [5.41, 5.74) is 3.69. The van der Waals surface area contributed by atoms with Gasteiger partial charge in [-0.2, -0.15) is 0 Å². The van der Waals surface area contributed by atoms with Gasteiger partial charge < -0.3 is 9.64 Å². The van der Waals surface area contributed by atoms with E-state index < -0.39 is 0 Å². The Morgan fingerprint density at radius 1 is 1.35 bits per heavy atom. The minimum atomic E-state index is 0.0191. The van der Waals surface area contributed by atoms with Gasteiger partial charge in [0.05, 0.1) is 6.54 Å². The third kappa shape index (κ3) is 3.38. The first-order valence-electron chi connectivity index (χ1n) is 7.22. The van der Waals surface area contributed by atoms with Crippen molar-refractivity contribution in [1.82, 2.24) is 10.2 Å². The first kappa shape index (κ1) is 15.0. The van der Waals surface area contributed by atoms with Crippen LogP contribution < -0.4 is 5.32 Å². The molecule has 0 saturated carbocycles. The molecule has 1 heterocycles. The highest BCUT2D eigenvalue weighted by Gasteiger charge is 2.31. The van der Waals surface area contributed by atoms with Crippen LogP contribution in [0.3, 0.4) is 0 Å². The Morgan fingerprint density at radius 2 is 2.15 bits per heavy atom. The SMILES string of the molecule is COCCCCN1C(=O)CNC1c1ccc(C)cc1C. The van der Waals surface area contributed by atoms with E-state index in [2.05, 4.69) is 37.4 Å². The van der Waals surface area contributed by atoms with Gasteiger partial charge >= 0.3 is 0 Å². The van der Waals surface area contributed by atoms with Crippen molar-refractivity contribution < 1.29 is 9.53 Å². The summed E-state index contributed by atoms with van der Waals surface area (Å²) in [5.74, 6) is 0.187. The van der Waals surface area contributed by atoms with Crippen LogP contribution in [0.5, 0.6) is 0 Å². The van der Waals surface area contributed by atoms with Crippen LogP contribution in [0.4, 0.5) is 0 Å². The number of unbranched alkanes of at least 4 members (excludes halogenated alkanes) is 1. The maximum atomic E-state index is 12.0. The number of hydrogen-bond acceptors (Lipinski definition) is 3. The molecule has 0 bridgehead atoms. The number of hydrogen-bond donors (Lipinski definition) is 1. The van der Waals surface area contributed by atoms with E-state index in [0.717, 1.165) is 26.0 Å². The molecule has 4 heteroatoms. The Labute approximate surface area is 121 Å². The molecule has 1 aromatic rings. The van der Waals surface area contributed by atoms with E-state index >= 15 is 0 Å². The molecule has 0 spiro atoms. The second-order valence-electron chi connectivity index (χ2n) is 5.43. The van der Waals surface area contributed by atoms with E-state index in [9.17, 15) is 4.79 Å². The third-order valence-corrected chi connectivity index (χ3v) is 3.80. The maximum absolute atomic E-state index is 12.0. The van der Waals surface area contributed by atoms with Crippen LogP contribution in [0.1, 0.15) is 35.7 Å². The second kappa shape index (κ2) is 6.86. The first-order valence-corrected chi connectivity index (χ1v) is 7.22. The lowest BCUT2D eigenvalue weighted by Crippen LogP contribution is -2.31. The highest BCUT2D eigenvalue weighted by molar-refractivity contribution is 5.81. The van der Waals surface area contributed by atoms with Crippen molar-refractivity contribution in [1.29, 1.82) is 0 Å². The molecule has 1 atom stereocenters. The Bertz CT molecular complexity index is 474. The maximum Gasteiger partial charge on any atom is 0.238 e. The molecule has 1 unspecified atom stereocenters. The molecule has 1 aromatic carbocycles. The fourth-order valence-corrected chi connectivity index (χ4v) is 2.73. The average Bonchev–Trinajstić information content (AvgIpc) is 2.76. The molecular weight excluding hydrogens is 252 g/mol. The topological polar surface area (TPSA) is 41.6 Å². The molecule has 0 aliphatic carbocycles. The summed E-state index contributed by atoms with van der Waals surface area (Å²) in [4.78, 5) is 14.0. The van der Waals surface area contributed by atoms with Crippen molar-refractivity contribution in [3.05, 3.63) is 34.9 Å². The van der Waals surface area contributed by atoms with E-state index in [0.29, 0.717) is 6.54 Å². The van der Waals surface area contributed by atoms with E-state index in [1.165, 1.54) is 16.7 Å². The molecule has 1 aliphatic rings. The van der Waals surface area contributed by atoms with Crippen molar-refractivity contribution in [2.75, 3.05) is 26.8 Å². The van der Waals surface area contributed by atoms with Crippen LogP contribution in [-0.4, -0.2) is 37.6 Å². The predicted octanol–water partition coefficient (Wildman–Crippen LogP) is 2.16. The van der Waals surface area contributed by atoms with Crippen LogP contribution in [0.25, 0.3) is 0 Å². The summed E-state index contributed by atoms with van der Waals surface area (Å²) in [6.07, 6.45) is 1.98. The zero-order valence-corrected chi connectivity index (χ0v) is 12.6. The van der Waals surface area contributed by atoms with E-state index in [4.69, 9.17) is 4.74 Å². The molecule has 1 N–H and O–H groups in total. The lowest BCUT2D eigenvalue weighted by molar-refractivity contribution is -0.128. The van der Waals surface area contributed by atoms with Gasteiger partial charge in [0.25, 0.3) is 0 Å². The quantitative estimate of drug-likeness (QED) is 0.810. The van der Waals surface area contributed by atoms with Crippen LogP contribution in [0.2, 0.25) is 0 Å². The Hall–Kier alpha value is -1.39. The summed E-state index contributed by atoms with van der Waals surface area (Å²) in [6, 6.07) is 6.40. The molecule has 0 aromatic heterocycles. The number of nitrogens with one attached hydrogen (secondary N) is 1. The zero-order valence-electron chi connectivity index (χ0n) is 12.6.